The van der Waals surface area contributed by atoms with Crippen LogP contribution in [-0.4, -0.2) is 51.1 Å². The molecule has 1 aromatic carbocycles. The molecule has 6 nitrogen and oxygen atoms in total. The molecule has 156 valence electrons. The third-order valence-corrected chi connectivity index (χ3v) is 7.95. The fourth-order valence-electron chi connectivity index (χ4n) is 4.30. The van der Waals surface area contributed by atoms with Gasteiger partial charge in [0.1, 0.15) is 5.75 Å². The second-order valence-corrected chi connectivity index (χ2v) is 9.94. The fraction of sp³-hybridized carbons (Fsp3) is 0.667. The third kappa shape index (κ3) is 4.20. The highest BCUT2D eigenvalue weighted by atomic mass is 32.2. The molecule has 1 fully saturated rings. The topological polar surface area (TPSA) is 66.9 Å². The molecule has 0 N–H and O–H groups in total. The van der Waals surface area contributed by atoms with Gasteiger partial charge in [0.2, 0.25) is 15.9 Å². The van der Waals surface area contributed by atoms with Gasteiger partial charge in [0.25, 0.3) is 0 Å². The lowest BCUT2D eigenvalue weighted by Crippen LogP contribution is -2.46. The summed E-state index contributed by atoms with van der Waals surface area (Å²) in [6.45, 7) is 5.64. The van der Waals surface area contributed by atoms with Crippen LogP contribution in [0.15, 0.2) is 12.1 Å². The average Bonchev–Trinajstić information content (AvgIpc) is 2.72. The number of rotatable bonds is 6. The van der Waals surface area contributed by atoms with Crippen molar-refractivity contribution in [1.82, 2.24) is 4.31 Å². The van der Waals surface area contributed by atoms with Crippen LogP contribution in [0.3, 0.4) is 0 Å². The number of carbonyl (C=O) groups excluding carboxylic acids is 1. The lowest BCUT2D eigenvalue weighted by Gasteiger charge is -2.37. The van der Waals surface area contributed by atoms with Crippen molar-refractivity contribution in [2.45, 2.75) is 52.4 Å². The number of ether oxygens (including phenoxy) is 1. The number of unbranched alkanes of at least 4 members (excludes halogenated alkanes) is 1. The molecule has 0 radical (unpaired) electrons. The molecule has 0 atom stereocenters. The first-order valence-corrected chi connectivity index (χ1v) is 12.0. The minimum atomic E-state index is -3.20. The Kier molecular flexibility index (Phi) is 6.65. The molecule has 0 unspecified atom stereocenters. The summed E-state index contributed by atoms with van der Waals surface area (Å²) in [5.74, 6) is 0.926. The molecular formula is C21H32N2O4S. The Bertz CT molecular complexity index is 814. The van der Waals surface area contributed by atoms with Gasteiger partial charge < -0.3 is 9.64 Å². The van der Waals surface area contributed by atoms with E-state index >= 15 is 0 Å². The maximum Gasteiger partial charge on any atom is 0.230 e. The molecule has 0 saturated carbocycles. The standard InChI is InChI=1S/C21H32N2O4S/c1-4-5-15-28(25,26)22-13-10-17(11-14-22)21(24)23-12-6-7-18-16(2)8-9-19(27-3)20(18)23/h8-9,17H,4-7,10-15H2,1-3H3. The van der Waals surface area contributed by atoms with Crippen LogP contribution in [0.25, 0.3) is 0 Å². The Morgan fingerprint density at radius 2 is 1.93 bits per heavy atom. The number of carbonyl (C=O) groups is 1. The van der Waals surface area contributed by atoms with Gasteiger partial charge in [-0.25, -0.2) is 12.7 Å². The van der Waals surface area contributed by atoms with Crippen LogP contribution >= 0.6 is 0 Å². The SMILES string of the molecule is CCCCS(=O)(=O)N1CCC(C(=O)N2CCCc3c(C)ccc(OC)c32)CC1. The van der Waals surface area contributed by atoms with Gasteiger partial charge in [0.05, 0.1) is 18.6 Å². The summed E-state index contributed by atoms with van der Waals surface area (Å²) in [6, 6.07) is 3.98. The Hall–Kier alpha value is -1.60. The number of hydrogen-bond donors (Lipinski definition) is 0. The van der Waals surface area contributed by atoms with Crippen LogP contribution in [0.5, 0.6) is 5.75 Å². The van der Waals surface area contributed by atoms with E-state index in [0.717, 1.165) is 30.7 Å². The summed E-state index contributed by atoms with van der Waals surface area (Å²) in [6.07, 6.45) is 4.62. The third-order valence-electron chi connectivity index (χ3n) is 6.00. The van der Waals surface area contributed by atoms with E-state index in [1.807, 2.05) is 24.0 Å². The van der Waals surface area contributed by atoms with Crippen LogP contribution in [0.2, 0.25) is 0 Å². The van der Waals surface area contributed by atoms with Crippen LogP contribution < -0.4 is 9.64 Å². The first-order chi connectivity index (χ1) is 13.4. The summed E-state index contributed by atoms with van der Waals surface area (Å²) in [4.78, 5) is 15.2. The van der Waals surface area contributed by atoms with Crippen molar-refractivity contribution in [3.63, 3.8) is 0 Å². The van der Waals surface area contributed by atoms with Gasteiger partial charge in [0, 0.05) is 25.6 Å². The molecule has 0 aromatic heterocycles. The number of nitrogens with zero attached hydrogens (tertiary/aromatic N) is 2. The van der Waals surface area contributed by atoms with Crippen LogP contribution in [-0.2, 0) is 21.2 Å². The smallest absolute Gasteiger partial charge is 0.230 e. The molecule has 2 heterocycles. The number of sulfonamides is 1. The number of piperidine rings is 1. The van der Waals surface area contributed by atoms with Crippen molar-refractivity contribution in [2.75, 3.05) is 37.4 Å². The Balaban J connectivity index is 1.73. The molecule has 1 aromatic rings. The zero-order valence-corrected chi connectivity index (χ0v) is 18.1. The summed E-state index contributed by atoms with van der Waals surface area (Å²) < 4.78 is 32.0. The van der Waals surface area contributed by atoms with Gasteiger partial charge in [-0.05, 0) is 56.2 Å². The molecule has 2 aliphatic heterocycles. The highest BCUT2D eigenvalue weighted by Crippen LogP contribution is 2.39. The van der Waals surface area contributed by atoms with Crippen molar-refractivity contribution >= 4 is 21.6 Å². The van der Waals surface area contributed by atoms with E-state index < -0.39 is 10.0 Å². The number of fused-ring (bicyclic) bond motifs is 1. The van der Waals surface area contributed by atoms with Crippen molar-refractivity contribution in [2.24, 2.45) is 5.92 Å². The van der Waals surface area contributed by atoms with E-state index in [9.17, 15) is 13.2 Å². The first kappa shape index (κ1) is 21.1. The normalized spacial score (nSPS) is 18.8. The second kappa shape index (κ2) is 8.82. The zero-order chi connectivity index (χ0) is 20.3. The van der Waals surface area contributed by atoms with Crippen molar-refractivity contribution in [3.8, 4) is 5.75 Å². The molecule has 3 rings (SSSR count). The lowest BCUT2D eigenvalue weighted by molar-refractivity contribution is -0.123. The van der Waals surface area contributed by atoms with Gasteiger partial charge in [-0.3, -0.25) is 4.79 Å². The fourth-order valence-corrected chi connectivity index (χ4v) is 5.97. The number of amides is 1. The highest BCUT2D eigenvalue weighted by Gasteiger charge is 2.35. The Morgan fingerprint density at radius 1 is 1.21 bits per heavy atom. The van der Waals surface area contributed by atoms with Gasteiger partial charge in [-0.2, -0.15) is 0 Å². The van der Waals surface area contributed by atoms with Crippen LogP contribution in [0, 0.1) is 12.8 Å². The van der Waals surface area contributed by atoms with Gasteiger partial charge in [-0.15, -0.1) is 0 Å². The predicted octanol–water partition coefficient (Wildman–Crippen LogP) is 3.12. The van der Waals surface area contributed by atoms with E-state index in [4.69, 9.17) is 4.74 Å². The Labute approximate surface area is 168 Å². The molecule has 28 heavy (non-hydrogen) atoms. The van der Waals surface area contributed by atoms with Gasteiger partial charge in [0.15, 0.2) is 0 Å². The second-order valence-electron chi connectivity index (χ2n) is 7.85. The molecule has 0 spiro atoms. The molecule has 1 saturated heterocycles. The van der Waals surface area contributed by atoms with E-state index in [-0.39, 0.29) is 17.6 Å². The van der Waals surface area contributed by atoms with E-state index in [0.29, 0.717) is 38.9 Å². The Morgan fingerprint density at radius 3 is 2.57 bits per heavy atom. The number of benzene rings is 1. The lowest BCUT2D eigenvalue weighted by atomic mass is 9.92. The molecule has 1 amide bonds. The first-order valence-electron chi connectivity index (χ1n) is 10.3. The monoisotopic (exact) mass is 408 g/mol. The molecular weight excluding hydrogens is 376 g/mol. The zero-order valence-electron chi connectivity index (χ0n) is 17.2. The van der Waals surface area contributed by atoms with E-state index in [1.54, 1.807) is 11.4 Å². The summed E-state index contributed by atoms with van der Waals surface area (Å²) in [5, 5.41) is 0. The molecule has 0 bridgehead atoms. The maximum absolute atomic E-state index is 13.3. The van der Waals surface area contributed by atoms with Gasteiger partial charge >= 0.3 is 0 Å². The summed E-state index contributed by atoms with van der Waals surface area (Å²) in [7, 11) is -1.56. The van der Waals surface area contributed by atoms with E-state index in [2.05, 4.69) is 6.92 Å². The average molecular weight is 409 g/mol. The molecule has 2 aliphatic rings. The largest absolute Gasteiger partial charge is 0.495 e. The predicted molar refractivity (Wildman–Crippen MR) is 111 cm³/mol. The highest BCUT2D eigenvalue weighted by molar-refractivity contribution is 7.89. The minimum absolute atomic E-state index is 0.107. The maximum atomic E-state index is 13.3. The number of methoxy groups -OCH3 is 1. The molecule has 7 heteroatoms. The minimum Gasteiger partial charge on any atom is -0.495 e. The number of aryl methyl sites for hydroxylation is 1. The van der Waals surface area contributed by atoms with Crippen LogP contribution in [0.1, 0.15) is 50.2 Å². The van der Waals surface area contributed by atoms with Crippen molar-refractivity contribution < 1.29 is 17.9 Å². The quantitative estimate of drug-likeness (QED) is 0.725. The number of anilines is 1. The van der Waals surface area contributed by atoms with E-state index in [1.165, 1.54) is 11.1 Å². The van der Waals surface area contributed by atoms with Crippen molar-refractivity contribution in [1.29, 1.82) is 0 Å². The summed E-state index contributed by atoms with van der Waals surface area (Å²) in [5.41, 5.74) is 3.29. The van der Waals surface area contributed by atoms with Crippen LogP contribution in [0.4, 0.5) is 5.69 Å². The van der Waals surface area contributed by atoms with Crippen molar-refractivity contribution in [3.05, 3.63) is 23.3 Å². The van der Waals surface area contributed by atoms with Gasteiger partial charge in [-0.1, -0.05) is 19.4 Å². The molecule has 0 aliphatic carbocycles. The summed E-state index contributed by atoms with van der Waals surface area (Å²) >= 11 is 0. The number of hydrogen-bond acceptors (Lipinski definition) is 4.